The molecule has 0 radical (unpaired) electrons. The van der Waals surface area contributed by atoms with Gasteiger partial charge in [0, 0.05) is 0 Å². The molecule has 3 fully saturated rings. The van der Waals surface area contributed by atoms with E-state index < -0.39 is 0 Å². The fourth-order valence-electron chi connectivity index (χ4n) is 5.07. The highest BCUT2D eigenvalue weighted by Crippen LogP contribution is 2.65. The van der Waals surface area contributed by atoms with Gasteiger partial charge in [0.2, 0.25) is 11.8 Å². The molecule has 1 saturated heterocycles. The van der Waals surface area contributed by atoms with Crippen molar-refractivity contribution >= 4 is 17.5 Å². The molecule has 4 nitrogen and oxygen atoms in total. The monoisotopic (exact) mass is 309 g/mol. The number of hydrogen-bond donors (Lipinski definition) is 0. The van der Waals surface area contributed by atoms with Crippen LogP contribution in [0.2, 0.25) is 0 Å². The van der Waals surface area contributed by atoms with Crippen molar-refractivity contribution in [3.63, 3.8) is 0 Å². The minimum Gasteiger partial charge on any atom is -0.494 e. The molecule has 6 atom stereocenters. The van der Waals surface area contributed by atoms with Crippen molar-refractivity contribution in [3.8, 4) is 5.75 Å². The minimum atomic E-state index is -0.132. The molecule has 1 aliphatic heterocycles. The summed E-state index contributed by atoms with van der Waals surface area (Å²) in [6, 6.07) is 7.28. The first-order valence-electron chi connectivity index (χ1n) is 8.49. The van der Waals surface area contributed by atoms with Gasteiger partial charge in [0.05, 0.1) is 24.1 Å². The lowest BCUT2D eigenvalue weighted by molar-refractivity contribution is -0.124. The number of benzene rings is 1. The van der Waals surface area contributed by atoms with Crippen LogP contribution in [0.25, 0.3) is 0 Å². The average molecular weight is 309 g/mol. The number of anilines is 1. The van der Waals surface area contributed by atoms with E-state index in [0.29, 0.717) is 24.1 Å². The topological polar surface area (TPSA) is 46.6 Å². The van der Waals surface area contributed by atoms with Gasteiger partial charge in [0.25, 0.3) is 0 Å². The minimum absolute atomic E-state index is 0.00569. The third kappa shape index (κ3) is 1.66. The van der Waals surface area contributed by atoms with Crippen LogP contribution in [0, 0.1) is 35.5 Å². The highest BCUT2D eigenvalue weighted by Gasteiger charge is 2.67. The van der Waals surface area contributed by atoms with Crippen molar-refractivity contribution in [1.82, 2.24) is 0 Å². The molecule has 0 aromatic heterocycles. The van der Waals surface area contributed by atoms with Crippen molar-refractivity contribution in [1.29, 1.82) is 0 Å². The van der Waals surface area contributed by atoms with E-state index in [2.05, 4.69) is 12.2 Å². The van der Waals surface area contributed by atoms with Gasteiger partial charge in [0.1, 0.15) is 5.75 Å². The van der Waals surface area contributed by atoms with Gasteiger partial charge in [-0.15, -0.1) is 0 Å². The average Bonchev–Trinajstić information content (AvgIpc) is 3.34. The van der Waals surface area contributed by atoms with Gasteiger partial charge in [-0.05, 0) is 61.3 Å². The third-order valence-corrected chi connectivity index (χ3v) is 6.07. The molecular weight excluding hydrogens is 290 g/mol. The maximum atomic E-state index is 13.0. The van der Waals surface area contributed by atoms with Gasteiger partial charge in [-0.3, -0.25) is 14.5 Å². The Morgan fingerprint density at radius 1 is 1.00 bits per heavy atom. The Morgan fingerprint density at radius 3 is 2.09 bits per heavy atom. The molecule has 118 valence electrons. The number of amides is 2. The summed E-state index contributed by atoms with van der Waals surface area (Å²) in [6.07, 6.45) is 5.60. The molecule has 23 heavy (non-hydrogen) atoms. The summed E-state index contributed by atoms with van der Waals surface area (Å²) >= 11 is 0. The molecule has 5 aliphatic rings. The number of rotatable bonds is 3. The van der Waals surface area contributed by atoms with Crippen molar-refractivity contribution in [3.05, 3.63) is 36.4 Å². The van der Waals surface area contributed by atoms with Crippen LogP contribution in [-0.4, -0.2) is 18.4 Å². The van der Waals surface area contributed by atoms with Crippen LogP contribution >= 0.6 is 0 Å². The normalized spacial score (nSPS) is 39.4. The Hall–Kier alpha value is -2.10. The molecule has 2 amide bonds. The van der Waals surface area contributed by atoms with E-state index in [-0.39, 0.29) is 35.5 Å². The van der Waals surface area contributed by atoms with E-state index in [1.165, 1.54) is 11.3 Å². The lowest BCUT2D eigenvalue weighted by Crippen LogP contribution is -2.40. The molecule has 0 N–H and O–H groups in total. The molecule has 4 aliphatic carbocycles. The molecule has 1 aromatic carbocycles. The molecule has 0 spiro atoms. The lowest BCUT2D eigenvalue weighted by atomic mass is 9.63. The van der Waals surface area contributed by atoms with Gasteiger partial charge in [-0.1, -0.05) is 12.2 Å². The van der Waals surface area contributed by atoms with E-state index in [1.807, 2.05) is 31.2 Å². The second-order valence-electron chi connectivity index (χ2n) is 7.09. The summed E-state index contributed by atoms with van der Waals surface area (Å²) in [5.74, 6) is 2.32. The van der Waals surface area contributed by atoms with Crippen LogP contribution in [0.15, 0.2) is 36.4 Å². The van der Waals surface area contributed by atoms with Crippen molar-refractivity contribution in [2.75, 3.05) is 11.5 Å². The van der Waals surface area contributed by atoms with Crippen molar-refractivity contribution in [2.45, 2.75) is 13.3 Å². The number of imide groups is 1. The van der Waals surface area contributed by atoms with Crippen molar-refractivity contribution < 1.29 is 14.3 Å². The summed E-state index contributed by atoms with van der Waals surface area (Å²) < 4.78 is 5.44. The smallest absolute Gasteiger partial charge is 0.238 e. The third-order valence-electron chi connectivity index (χ3n) is 6.07. The second kappa shape index (κ2) is 4.47. The Morgan fingerprint density at radius 2 is 1.57 bits per heavy atom. The summed E-state index contributed by atoms with van der Waals surface area (Å²) in [7, 11) is 0. The SMILES string of the molecule is CCOc1ccc(N2C(=O)[C@@H]3[C@H]4C=C[C@@H]([C@@H]5C[C@@H]45)[C@H]3C2=O)cc1. The van der Waals surface area contributed by atoms with Gasteiger partial charge in [-0.2, -0.15) is 0 Å². The van der Waals surface area contributed by atoms with Crippen LogP contribution in [0.5, 0.6) is 5.75 Å². The zero-order valence-corrected chi connectivity index (χ0v) is 13.0. The fraction of sp³-hybridized carbons (Fsp3) is 0.474. The van der Waals surface area contributed by atoms with E-state index in [0.717, 1.165) is 5.75 Å². The van der Waals surface area contributed by atoms with E-state index in [4.69, 9.17) is 4.74 Å². The largest absolute Gasteiger partial charge is 0.494 e. The number of nitrogens with zero attached hydrogens (tertiary/aromatic N) is 1. The number of carbonyl (C=O) groups is 2. The molecular formula is C19H19NO3. The van der Waals surface area contributed by atoms with E-state index >= 15 is 0 Å². The first-order chi connectivity index (χ1) is 11.2. The summed E-state index contributed by atoms with van der Waals surface area (Å²) in [5.41, 5.74) is 0.672. The van der Waals surface area contributed by atoms with E-state index in [9.17, 15) is 9.59 Å². The second-order valence-corrected chi connectivity index (χ2v) is 7.09. The Balaban J connectivity index is 1.49. The van der Waals surface area contributed by atoms with Crippen LogP contribution in [0.1, 0.15) is 13.3 Å². The van der Waals surface area contributed by atoms with Crippen LogP contribution in [0.4, 0.5) is 5.69 Å². The van der Waals surface area contributed by atoms with Gasteiger partial charge >= 0.3 is 0 Å². The zero-order chi connectivity index (χ0) is 15.7. The molecule has 4 heteroatoms. The van der Waals surface area contributed by atoms with Gasteiger partial charge < -0.3 is 4.74 Å². The molecule has 2 bridgehead atoms. The number of ether oxygens (including phenoxy) is 1. The van der Waals surface area contributed by atoms with Crippen LogP contribution in [-0.2, 0) is 9.59 Å². The summed E-state index contributed by atoms with van der Waals surface area (Å²) in [5, 5.41) is 0. The van der Waals surface area contributed by atoms with Crippen LogP contribution < -0.4 is 9.64 Å². The van der Waals surface area contributed by atoms with E-state index in [1.54, 1.807) is 0 Å². The molecule has 0 unspecified atom stereocenters. The molecule has 2 saturated carbocycles. The Labute approximate surface area is 135 Å². The summed E-state index contributed by atoms with van der Waals surface area (Å²) in [4.78, 5) is 27.3. The Kier molecular flexibility index (Phi) is 2.59. The quantitative estimate of drug-likeness (QED) is 0.637. The Bertz CT molecular complexity index is 687. The highest BCUT2D eigenvalue weighted by molar-refractivity contribution is 6.22. The molecule has 1 heterocycles. The number of carbonyl (C=O) groups excluding carboxylic acids is 2. The lowest BCUT2D eigenvalue weighted by Gasteiger charge is -2.37. The predicted molar refractivity (Wildman–Crippen MR) is 84.8 cm³/mol. The molecule has 1 aromatic rings. The highest BCUT2D eigenvalue weighted by atomic mass is 16.5. The molecule has 6 rings (SSSR count). The number of hydrogen-bond acceptors (Lipinski definition) is 3. The van der Waals surface area contributed by atoms with Crippen LogP contribution in [0.3, 0.4) is 0 Å². The van der Waals surface area contributed by atoms with Crippen molar-refractivity contribution in [2.24, 2.45) is 35.5 Å². The summed E-state index contributed by atoms with van der Waals surface area (Å²) in [6.45, 7) is 2.53. The first-order valence-corrected chi connectivity index (χ1v) is 8.49. The number of allylic oxidation sites excluding steroid dienone is 2. The fourth-order valence-corrected chi connectivity index (χ4v) is 5.07. The maximum Gasteiger partial charge on any atom is 0.238 e. The maximum absolute atomic E-state index is 13.0. The zero-order valence-electron chi connectivity index (χ0n) is 13.0. The standard InChI is InChI=1S/C19H19NO3/c1-2-23-11-5-3-10(4-6-11)20-18(21)16-12-7-8-13(15-9-14(12)15)17(16)19(20)22/h3-8,12-17H,2,9H2,1H3/t12-,13-,14-,15-,16+,17+/m0/s1. The first kappa shape index (κ1) is 13.3. The predicted octanol–water partition coefficient (Wildman–Crippen LogP) is 2.64. The van der Waals surface area contributed by atoms with Gasteiger partial charge in [0.15, 0.2) is 0 Å². The van der Waals surface area contributed by atoms with Gasteiger partial charge in [-0.25, -0.2) is 0 Å².